The van der Waals surface area contributed by atoms with Crippen LogP contribution in [0.25, 0.3) is 11.2 Å². The molecule has 0 amide bonds. The van der Waals surface area contributed by atoms with Crippen LogP contribution in [0.5, 0.6) is 0 Å². The van der Waals surface area contributed by atoms with E-state index in [9.17, 15) is 9.59 Å². The van der Waals surface area contributed by atoms with Crippen LogP contribution in [0.2, 0.25) is 0 Å². The molecule has 0 aliphatic carbocycles. The number of quaternary nitrogens is 1. The Kier molecular flexibility index (Phi) is 6.98. The Morgan fingerprint density at radius 1 is 1.04 bits per heavy atom. The van der Waals surface area contributed by atoms with Crippen LogP contribution in [0.3, 0.4) is 0 Å². The number of fused-ring (bicyclic) bond motifs is 1. The van der Waals surface area contributed by atoms with Crippen molar-refractivity contribution in [1.29, 1.82) is 0 Å². The van der Waals surface area contributed by atoms with E-state index < -0.39 is 0 Å². The van der Waals surface area contributed by atoms with Crippen LogP contribution in [0.4, 0.5) is 0 Å². The summed E-state index contributed by atoms with van der Waals surface area (Å²) in [5.41, 5.74) is 2.95. The molecule has 3 rings (SSSR count). The highest BCUT2D eigenvalue weighted by molar-refractivity contribution is 5.69. The predicted octanol–water partition coefficient (Wildman–Crippen LogP) is -3.06. The van der Waals surface area contributed by atoms with E-state index in [4.69, 9.17) is 0 Å². The van der Waals surface area contributed by atoms with Crippen molar-refractivity contribution in [2.24, 2.45) is 14.1 Å². The lowest BCUT2D eigenvalue weighted by Gasteiger charge is -2.07. The van der Waals surface area contributed by atoms with Gasteiger partial charge in [0.05, 0.1) is 19.4 Å². The SMILES string of the molecule is Cc1ccc(CC[NH2+]CCCn2cnc3c2c(=O)n(C)c(=O)n3C)cc1.[Cl-]. The molecule has 2 aromatic heterocycles. The third-order valence-electron chi connectivity index (χ3n) is 4.78. The second-order valence-electron chi connectivity index (χ2n) is 6.77. The molecule has 0 bridgehead atoms. The van der Waals surface area contributed by atoms with Gasteiger partial charge in [0.25, 0.3) is 5.56 Å². The molecule has 0 spiro atoms. The maximum absolute atomic E-state index is 12.4. The first-order valence-corrected chi connectivity index (χ1v) is 8.97. The number of hydrogen-bond donors (Lipinski definition) is 1. The maximum Gasteiger partial charge on any atom is 0.332 e. The topological polar surface area (TPSA) is 78.4 Å². The van der Waals surface area contributed by atoms with Crippen molar-refractivity contribution >= 4 is 11.2 Å². The molecule has 2 heterocycles. The van der Waals surface area contributed by atoms with Gasteiger partial charge in [0.2, 0.25) is 0 Å². The van der Waals surface area contributed by atoms with Gasteiger partial charge in [-0.2, -0.15) is 0 Å². The number of aromatic nitrogens is 4. The maximum atomic E-state index is 12.4. The van der Waals surface area contributed by atoms with Crippen molar-refractivity contribution in [3.63, 3.8) is 0 Å². The third kappa shape index (κ3) is 4.48. The van der Waals surface area contributed by atoms with Crippen molar-refractivity contribution in [2.45, 2.75) is 26.3 Å². The molecule has 8 heteroatoms. The largest absolute Gasteiger partial charge is 1.00 e. The molecule has 0 aliphatic rings. The minimum absolute atomic E-state index is 0. The van der Waals surface area contributed by atoms with Crippen LogP contribution in [0.15, 0.2) is 40.2 Å². The van der Waals surface area contributed by atoms with Gasteiger partial charge in [0.1, 0.15) is 0 Å². The Morgan fingerprint density at radius 2 is 1.74 bits per heavy atom. The van der Waals surface area contributed by atoms with E-state index in [0.29, 0.717) is 17.7 Å². The van der Waals surface area contributed by atoms with Crippen molar-refractivity contribution in [3.05, 3.63) is 62.6 Å². The van der Waals surface area contributed by atoms with Gasteiger partial charge in [0, 0.05) is 33.5 Å². The number of hydrogen-bond acceptors (Lipinski definition) is 3. The Labute approximate surface area is 164 Å². The monoisotopic (exact) mass is 391 g/mol. The number of aryl methyl sites for hydroxylation is 3. The molecule has 7 nitrogen and oxygen atoms in total. The van der Waals surface area contributed by atoms with Gasteiger partial charge in [-0.3, -0.25) is 13.9 Å². The lowest BCUT2D eigenvalue weighted by molar-refractivity contribution is -0.654. The Bertz CT molecular complexity index is 1020. The van der Waals surface area contributed by atoms with E-state index in [2.05, 4.69) is 41.5 Å². The quantitative estimate of drug-likeness (QED) is 0.434. The fourth-order valence-electron chi connectivity index (χ4n) is 3.14. The van der Waals surface area contributed by atoms with E-state index in [-0.39, 0.29) is 23.7 Å². The number of nitrogens with two attached hydrogens (primary N) is 1. The second kappa shape index (κ2) is 9.01. The summed E-state index contributed by atoms with van der Waals surface area (Å²) in [5.74, 6) is 0. The van der Waals surface area contributed by atoms with Crippen LogP contribution in [-0.2, 0) is 27.1 Å². The summed E-state index contributed by atoms with van der Waals surface area (Å²) in [6.07, 6.45) is 3.64. The first kappa shape index (κ1) is 20.9. The molecule has 146 valence electrons. The molecule has 2 N–H and O–H groups in total. The average Bonchev–Trinajstić information content (AvgIpc) is 3.06. The van der Waals surface area contributed by atoms with Crippen molar-refractivity contribution in [3.8, 4) is 0 Å². The summed E-state index contributed by atoms with van der Waals surface area (Å²) in [5, 5.41) is 2.30. The van der Waals surface area contributed by atoms with Crippen LogP contribution in [-0.4, -0.2) is 31.8 Å². The first-order valence-electron chi connectivity index (χ1n) is 8.97. The van der Waals surface area contributed by atoms with Gasteiger partial charge in [0.15, 0.2) is 11.2 Å². The standard InChI is InChI=1S/C19H25N5O2.ClH/c1-14-5-7-15(8-6-14)9-11-20-10-4-12-24-13-21-17-16(24)18(25)23(3)19(26)22(17)2;/h5-8,13,20H,4,9-12H2,1-3H3;1H. The van der Waals surface area contributed by atoms with Gasteiger partial charge in [-0.15, -0.1) is 0 Å². The molecule has 0 fully saturated rings. The van der Waals surface area contributed by atoms with E-state index in [0.717, 1.165) is 30.5 Å². The van der Waals surface area contributed by atoms with Crippen LogP contribution in [0.1, 0.15) is 17.5 Å². The highest BCUT2D eigenvalue weighted by Gasteiger charge is 2.13. The molecule has 0 radical (unpaired) electrons. The summed E-state index contributed by atoms with van der Waals surface area (Å²) in [7, 11) is 3.14. The third-order valence-corrected chi connectivity index (χ3v) is 4.78. The van der Waals surface area contributed by atoms with E-state index in [1.165, 1.54) is 22.7 Å². The van der Waals surface area contributed by atoms with Gasteiger partial charge in [-0.1, -0.05) is 29.8 Å². The van der Waals surface area contributed by atoms with Crippen LogP contribution < -0.4 is 29.0 Å². The number of rotatable bonds is 7. The van der Waals surface area contributed by atoms with Crippen LogP contribution in [0, 0.1) is 6.92 Å². The van der Waals surface area contributed by atoms with Gasteiger partial charge in [-0.05, 0) is 12.5 Å². The average molecular weight is 392 g/mol. The molecule has 0 unspecified atom stereocenters. The second-order valence-corrected chi connectivity index (χ2v) is 6.77. The van der Waals surface area contributed by atoms with Crippen LogP contribution >= 0.6 is 0 Å². The minimum atomic E-state index is -0.350. The normalized spacial score (nSPS) is 10.9. The minimum Gasteiger partial charge on any atom is -1.00 e. The van der Waals surface area contributed by atoms with Crippen molar-refractivity contribution < 1.29 is 17.7 Å². The Morgan fingerprint density at radius 3 is 2.44 bits per heavy atom. The summed E-state index contributed by atoms with van der Waals surface area (Å²) >= 11 is 0. The summed E-state index contributed by atoms with van der Waals surface area (Å²) in [4.78, 5) is 28.6. The number of benzene rings is 1. The Hall–Kier alpha value is -2.38. The van der Waals surface area contributed by atoms with Gasteiger partial charge in [-0.25, -0.2) is 9.78 Å². The van der Waals surface area contributed by atoms with E-state index in [1.54, 1.807) is 13.4 Å². The zero-order valence-electron chi connectivity index (χ0n) is 16.0. The number of imidazole rings is 1. The lowest BCUT2D eigenvalue weighted by atomic mass is 10.1. The highest BCUT2D eigenvalue weighted by Crippen LogP contribution is 2.06. The number of halogens is 1. The molecule has 0 saturated carbocycles. The Balaban J connectivity index is 0.00000261. The summed E-state index contributed by atoms with van der Waals surface area (Å²) < 4.78 is 4.40. The molecule has 0 saturated heterocycles. The molecule has 27 heavy (non-hydrogen) atoms. The van der Waals surface area contributed by atoms with Gasteiger partial charge < -0.3 is 22.3 Å². The molecular weight excluding hydrogens is 366 g/mol. The first-order chi connectivity index (χ1) is 12.5. The molecule has 1 aromatic carbocycles. The zero-order valence-corrected chi connectivity index (χ0v) is 16.7. The summed E-state index contributed by atoms with van der Waals surface area (Å²) in [6.45, 7) is 4.84. The highest BCUT2D eigenvalue weighted by atomic mass is 35.5. The smallest absolute Gasteiger partial charge is 0.332 e. The summed E-state index contributed by atoms with van der Waals surface area (Å²) in [6, 6.07) is 8.66. The lowest BCUT2D eigenvalue weighted by Crippen LogP contribution is -3.00. The fourth-order valence-corrected chi connectivity index (χ4v) is 3.14. The predicted molar refractivity (Wildman–Crippen MR) is 101 cm³/mol. The fraction of sp³-hybridized carbons (Fsp3) is 0.421. The van der Waals surface area contributed by atoms with Crippen molar-refractivity contribution in [2.75, 3.05) is 13.1 Å². The molecule has 0 aliphatic heterocycles. The van der Waals surface area contributed by atoms with Crippen molar-refractivity contribution in [1.82, 2.24) is 18.7 Å². The number of nitrogens with zero attached hydrogens (tertiary/aromatic N) is 4. The zero-order chi connectivity index (χ0) is 18.7. The van der Waals surface area contributed by atoms with Gasteiger partial charge >= 0.3 is 5.69 Å². The molecule has 0 atom stereocenters. The van der Waals surface area contributed by atoms with E-state index in [1.807, 2.05) is 4.57 Å². The molecular formula is C19H26ClN5O2. The molecule has 3 aromatic rings. The van der Waals surface area contributed by atoms with E-state index >= 15 is 0 Å².